The molecule has 0 bridgehead atoms. The number of hydrogen-bond donors (Lipinski definition) is 1. The second-order valence-corrected chi connectivity index (χ2v) is 6.73. The number of aryl methyl sites for hydroxylation is 1. The van der Waals surface area contributed by atoms with Crippen LogP contribution in [0.2, 0.25) is 0 Å². The van der Waals surface area contributed by atoms with Gasteiger partial charge in [0.15, 0.2) is 6.61 Å². The lowest BCUT2D eigenvalue weighted by atomic mass is 10.1. The molecule has 6 nitrogen and oxygen atoms in total. The Balaban J connectivity index is 1.45. The van der Waals surface area contributed by atoms with Gasteiger partial charge in [-0.05, 0) is 25.2 Å². The molecule has 0 aliphatic carbocycles. The van der Waals surface area contributed by atoms with Crippen molar-refractivity contribution in [1.29, 1.82) is 0 Å². The van der Waals surface area contributed by atoms with Gasteiger partial charge in [0.25, 0.3) is 5.91 Å². The zero-order valence-electron chi connectivity index (χ0n) is 15.1. The van der Waals surface area contributed by atoms with E-state index in [1.807, 2.05) is 43.3 Å². The molecule has 2 heterocycles. The van der Waals surface area contributed by atoms with Crippen molar-refractivity contribution in [2.75, 3.05) is 19.8 Å². The molecular formula is C21H21NO5. The molecular weight excluding hydrogens is 346 g/mol. The zero-order chi connectivity index (χ0) is 18.8. The van der Waals surface area contributed by atoms with Gasteiger partial charge in [-0.2, -0.15) is 0 Å². The number of nitrogens with one attached hydrogen (secondary N) is 1. The topological polar surface area (TPSA) is 77.8 Å². The maximum Gasteiger partial charge on any atom is 0.375 e. The van der Waals surface area contributed by atoms with E-state index in [1.165, 1.54) is 0 Å². The number of ether oxygens (including phenoxy) is 2. The summed E-state index contributed by atoms with van der Waals surface area (Å²) in [5, 5.41) is 5.56. The lowest BCUT2D eigenvalue weighted by Crippen LogP contribution is -2.34. The smallest absolute Gasteiger partial charge is 0.375 e. The molecule has 3 aromatic rings. The van der Waals surface area contributed by atoms with Crippen molar-refractivity contribution < 1.29 is 23.5 Å². The Morgan fingerprint density at radius 2 is 2.04 bits per heavy atom. The molecule has 4 rings (SSSR count). The molecule has 0 radical (unpaired) electrons. The fourth-order valence-electron chi connectivity index (χ4n) is 3.42. The lowest BCUT2D eigenvalue weighted by Gasteiger charge is -2.10. The average molecular weight is 367 g/mol. The molecule has 1 amide bonds. The van der Waals surface area contributed by atoms with Gasteiger partial charge in [-0.3, -0.25) is 4.79 Å². The quantitative estimate of drug-likeness (QED) is 0.700. The third kappa shape index (κ3) is 3.53. The van der Waals surface area contributed by atoms with E-state index in [4.69, 9.17) is 13.9 Å². The Kier molecular flexibility index (Phi) is 4.81. The van der Waals surface area contributed by atoms with Gasteiger partial charge in [0.2, 0.25) is 5.76 Å². The van der Waals surface area contributed by atoms with Crippen molar-refractivity contribution >= 4 is 33.6 Å². The number of furan rings is 1. The van der Waals surface area contributed by atoms with E-state index < -0.39 is 5.97 Å². The van der Waals surface area contributed by atoms with E-state index in [9.17, 15) is 9.59 Å². The number of rotatable bonds is 5. The van der Waals surface area contributed by atoms with Crippen molar-refractivity contribution in [2.45, 2.75) is 25.9 Å². The standard InChI is InChI=1S/C21H21NO5/c1-13-16-9-8-14-5-2-3-7-17(14)20(16)27-19(13)21(24)26-12-18(23)22-11-15-6-4-10-25-15/h2-3,5,7-9,15H,4,6,10-12H2,1H3,(H,22,23)/t15-/m1/s1. The van der Waals surface area contributed by atoms with Crippen LogP contribution >= 0.6 is 0 Å². The molecule has 1 aliphatic heterocycles. The first-order valence-electron chi connectivity index (χ1n) is 9.10. The average Bonchev–Trinajstić information content (AvgIpc) is 3.32. The summed E-state index contributed by atoms with van der Waals surface area (Å²) in [7, 11) is 0. The first-order chi connectivity index (χ1) is 13.1. The summed E-state index contributed by atoms with van der Waals surface area (Å²) in [6.07, 6.45) is 2.00. The molecule has 1 atom stereocenters. The summed E-state index contributed by atoms with van der Waals surface area (Å²) in [4.78, 5) is 24.3. The highest BCUT2D eigenvalue weighted by Crippen LogP contribution is 2.32. The highest BCUT2D eigenvalue weighted by Gasteiger charge is 2.22. The molecule has 27 heavy (non-hydrogen) atoms. The number of carbonyl (C=O) groups excluding carboxylic acids is 2. The van der Waals surface area contributed by atoms with Crippen LogP contribution in [0.3, 0.4) is 0 Å². The van der Waals surface area contributed by atoms with Crippen LogP contribution in [0.1, 0.15) is 29.0 Å². The van der Waals surface area contributed by atoms with Gasteiger partial charge in [-0.1, -0.05) is 36.4 Å². The van der Waals surface area contributed by atoms with Crippen LogP contribution in [-0.2, 0) is 14.3 Å². The molecule has 1 aromatic heterocycles. The maximum atomic E-state index is 12.4. The zero-order valence-corrected chi connectivity index (χ0v) is 15.1. The summed E-state index contributed by atoms with van der Waals surface area (Å²) >= 11 is 0. The van der Waals surface area contributed by atoms with Gasteiger partial charge in [-0.15, -0.1) is 0 Å². The Morgan fingerprint density at radius 3 is 2.85 bits per heavy atom. The molecule has 0 unspecified atom stereocenters. The Hall–Kier alpha value is -2.86. The van der Waals surface area contributed by atoms with E-state index in [1.54, 1.807) is 0 Å². The van der Waals surface area contributed by atoms with E-state index in [2.05, 4.69) is 5.32 Å². The van der Waals surface area contributed by atoms with Crippen LogP contribution in [0.15, 0.2) is 40.8 Å². The highest BCUT2D eigenvalue weighted by molar-refractivity contribution is 6.08. The fourth-order valence-corrected chi connectivity index (χ4v) is 3.42. The summed E-state index contributed by atoms with van der Waals surface area (Å²) in [5.41, 5.74) is 1.36. The second-order valence-electron chi connectivity index (χ2n) is 6.73. The van der Waals surface area contributed by atoms with Crippen LogP contribution in [-0.4, -0.2) is 37.7 Å². The summed E-state index contributed by atoms with van der Waals surface area (Å²) in [6, 6.07) is 11.7. The van der Waals surface area contributed by atoms with Gasteiger partial charge in [-0.25, -0.2) is 4.79 Å². The number of benzene rings is 2. The third-order valence-electron chi connectivity index (χ3n) is 4.90. The van der Waals surface area contributed by atoms with Crippen molar-refractivity contribution in [3.05, 3.63) is 47.7 Å². The molecule has 0 spiro atoms. The summed E-state index contributed by atoms with van der Waals surface area (Å²) in [5.74, 6) is -0.855. The van der Waals surface area contributed by atoms with E-state index >= 15 is 0 Å². The number of fused-ring (bicyclic) bond motifs is 3. The molecule has 1 N–H and O–H groups in total. The minimum absolute atomic E-state index is 0.0514. The predicted molar refractivity (Wildman–Crippen MR) is 101 cm³/mol. The number of hydrogen-bond acceptors (Lipinski definition) is 5. The first kappa shape index (κ1) is 17.5. The second kappa shape index (κ2) is 7.40. The van der Waals surface area contributed by atoms with Crippen LogP contribution in [0.4, 0.5) is 0 Å². The molecule has 0 saturated carbocycles. The molecule has 1 aliphatic rings. The monoisotopic (exact) mass is 367 g/mol. The molecule has 6 heteroatoms. The number of amides is 1. The lowest BCUT2D eigenvalue weighted by molar-refractivity contribution is -0.124. The normalized spacial score (nSPS) is 16.7. The highest BCUT2D eigenvalue weighted by atomic mass is 16.5. The van der Waals surface area contributed by atoms with E-state index in [0.29, 0.717) is 17.7 Å². The number of carbonyl (C=O) groups is 2. The van der Waals surface area contributed by atoms with Crippen LogP contribution in [0.5, 0.6) is 0 Å². The van der Waals surface area contributed by atoms with Crippen molar-refractivity contribution in [3.63, 3.8) is 0 Å². The van der Waals surface area contributed by atoms with Gasteiger partial charge in [0.1, 0.15) is 5.58 Å². The Morgan fingerprint density at radius 1 is 1.19 bits per heavy atom. The van der Waals surface area contributed by atoms with Gasteiger partial charge in [0.05, 0.1) is 6.10 Å². The van der Waals surface area contributed by atoms with E-state index in [0.717, 1.165) is 35.6 Å². The molecule has 140 valence electrons. The van der Waals surface area contributed by atoms with Crippen LogP contribution in [0, 0.1) is 6.92 Å². The minimum Gasteiger partial charge on any atom is -0.450 e. The first-order valence-corrected chi connectivity index (χ1v) is 9.10. The SMILES string of the molecule is Cc1c(C(=O)OCC(=O)NC[C@H]2CCCO2)oc2c1ccc1ccccc12. The fraction of sp³-hybridized carbons (Fsp3) is 0.333. The molecule has 1 saturated heterocycles. The van der Waals surface area contributed by atoms with Gasteiger partial charge in [0, 0.05) is 29.5 Å². The minimum atomic E-state index is -0.639. The molecule has 1 fully saturated rings. The van der Waals surface area contributed by atoms with Crippen molar-refractivity contribution in [1.82, 2.24) is 5.32 Å². The summed E-state index contributed by atoms with van der Waals surface area (Å²) in [6.45, 7) is 2.64. The van der Waals surface area contributed by atoms with Gasteiger partial charge < -0.3 is 19.2 Å². The Bertz CT molecular complexity index is 1000. The molecule has 2 aromatic carbocycles. The van der Waals surface area contributed by atoms with Gasteiger partial charge >= 0.3 is 5.97 Å². The van der Waals surface area contributed by atoms with Crippen molar-refractivity contribution in [3.8, 4) is 0 Å². The number of esters is 1. The van der Waals surface area contributed by atoms with Crippen LogP contribution < -0.4 is 5.32 Å². The Labute approximate surface area is 156 Å². The predicted octanol–water partition coefficient (Wildman–Crippen LogP) is 3.35. The van der Waals surface area contributed by atoms with Crippen LogP contribution in [0.25, 0.3) is 21.7 Å². The van der Waals surface area contributed by atoms with E-state index in [-0.39, 0.29) is 24.4 Å². The van der Waals surface area contributed by atoms with Crippen molar-refractivity contribution in [2.24, 2.45) is 0 Å². The largest absolute Gasteiger partial charge is 0.450 e. The summed E-state index contributed by atoms with van der Waals surface area (Å²) < 4.78 is 16.4. The maximum absolute atomic E-state index is 12.4. The third-order valence-corrected chi connectivity index (χ3v) is 4.90.